The van der Waals surface area contributed by atoms with Crippen molar-refractivity contribution in [2.24, 2.45) is 5.92 Å². The van der Waals surface area contributed by atoms with Gasteiger partial charge in [-0.15, -0.1) is 0 Å². The summed E-state index contributed by atoms with van der Waals surface area (Å²) in [6.45, 7) is 4.18. The highest BCUT2D eigenvalue weighted by molar-refractivity contribution is 6.31. The van der Waals surface area contributed by atoms with E-state index in [-0.39, 0.29) is 47.1 Å². The fourth-order valence-electron chi connectivity index (χ4n) is 5.34. The molecule has 5 rings (SSSR count). The molecule has 4 atom stereocenters. The number of carbonyl (C=O) groups excluding carboxylic acids is 1. The molecule has 0 aliphatic carbocycles. The number of aromatic nitrogens is 2. The van der Waals surface area contributed by atoms with Crippen molar-refractivity contribution in [2.75, 3.05) is 83.2 Å². The molecule has 2 aromatic rings. The van der Waals surface area contributed by atoms with Crippen LogP contribution in [0.1, 0.15) is 12.8 Å². The second kappa shape index (κ2) is 13.5. The molecule has 13 heteroatoms. The lowest BCUT2D eigenvalue weighted by Gasteiger charge is -2.27. The zero-order valence-electron chi connectivity index (χ0n) is 24.1. The summed E-state index contributed by atoms with van der Waals surface area (Å²) >= 11 is 6.40. The van der Waals surface area contributed by atoms with Crippen LogP contribution in [-0.4, -0.2) is 113 Å². The number of rotatable bonds is 11. The first-order chi connectivity index (χ1) is 19.8. The number of fused-ring (bicyclic) bond motifs is 1. The highest BCUT2D eigenvalue weighted by Crippen LogP contribution is 2.34. The lowest BCUT2D eigenvalue weighted by Crippen LogP contribution is -2.35. The third-order valence-corrected chi connectivity index (χ3v) is 8.01. The molecule has 3 fully saturated rings. The average Bonchev–Trinajstić information content (AvgIpc) is 3.56. The van der Waals surface area contributed by atoms with Crippen LogP contribution in [0.2, 0.25) is 5.02 Å². The predicted molar refractivity (Wildman–Crippen MR) is 158 cm³/mol. The molecule has 41 heavy (non-hydrogen) atoms. The molecule has 224 valence electrons. The Balaban J connectivity index is 1.32. The van der Waals surface area contributed by atoms with Crippen molar-refractivity contribution in [3.05, 3.63) is 29.4 Å². The number of methoxy groups -OCH3 is 1. The van der Waals surface area contributed by atoms with Crippen LogP contribution >= 0.6 is 11.6 Å². The van der Waals surface area contributed by atoms with Gasteiger partial charge in [-0.1, -0.05) is 11.6 Å². The molecular formula is C28H40ClN7O5. The highest BCUT2D eigenvalue weighted by atomic mass is 35.5. The lowest BCUT2D eigenvalue weighted by molar-refractivity contribution is -0.120. The van der Waals surface area contributed by atoms with Gasteiger partial charge in [0.2, 0.25) is 17.7 Å². The van der Waals surface area contributed by atoms with Gasteiger partial charge < -0.3 is 44.7 Å². The molecule has 3 aliphatic heterocycles. The Morgan fingerprint density at radius 1 is 1.12 bits per heavy atom. The molecule has 3 aliphatic rings. The summed E-state index contributed by atoms with van der Waals surface area (Å²) in [5.41, 5.74) is 2.38. The van der Waals surface area contributed by atoms with Crippen molar-refractivity contribution in [1.82, 2.24) is 20.2 Å². The molecular weight excluding hydrogens is 550 g/mol. The van der Waals surface area contributed by atoms with Gasteiger partial charge in [0.05, 0.1) is 30.8 Å². The van der Waals surface area contributed by atoms with Gasteiger partial charge in [0.25, 0.3) is 0 Å². The molecule has 0 radical (unpaired) electrons. The zero-order valence-corrected chi connectivity index (χ0v) is 24.8. The fourth-order valence-corrected chi connectivity index (χ4v) is 5.47. The number of nitrogens with zero attached hydrogens (tertiary/aromatic N) is 4. The molecule has 0 saturated carbocycles. The Labute approximate surface area is 246 Å². The van der Waals surface area contributed by atoms with Crippen LogP contribution < -0.4 is 25.6 Å². The maximum absolute atomic E-state index is 13.2. The number of anilines is 4. The molecule has 3 saturated heterocycles. The Morgan fingerprint density at radius 3 is 2.59 bits per heavy atom. The molecule has 0 bridgehead atoms. The largest absolute Gasteiger partial charge is 0.468 e. The maximum atomic E-state index is 13.2. The Bertz CT molecular complexity index is 1200. The second-order valence-corrected chi connectivity index (χ2v) is 11.4. The molecule has 1 amide bonds. The summed E-state index contributed by atoms with van der Waals surface area (Å²) in [6.07, 6.45) is 2.21. The minimum atomic E-state index is -0.366. The van der Waals surface area contributed by atoms with Crippen LogP contribution in [0.3, 0.4) is 0 Å². The van der Waals surface area contributed by atoms with Crippen molar-refractivity contribution < 1.29 is 23.7 Å². The standard InChI is InChI=1S/C28H40ClN7O5/c1-35(2)11-12-36(3)21-6-5-18(13-20(21)33-26(37)17-7-9-30-10-8-17)32-28-31-14-19(29)27(34-28)41-23-16-40-24-22(38-4)15-39-25(23)24/h5-6,13-14,17,22-25,30H,7-12,15-16H2,1-4H3,(H,33,37)(H,31,32,34)/t22-,23-,24-,25-/m1/s1. The van der Waals surface area contributed by atoms with Crippen molar-refractivity contribution in [1.29, 1.82) is 0 Å². The normalized spacial score (nSPS) is 24.3. The van der Waals surface area contributed by atoms with Gasteiger partial charge in [0.1, 0.15) is 23.3 Å². The number of ether oxygens (including phenoxy) is 4. The Hall–Kier alpha value is -2.74. The molecule has 0 spiro atoms. The number of halogens is 1. The number of nitrogens with one attached hydrogen (secondary N) is 3. The Kier molecular flexibility index (Phi) is 9.79. The van der Waals surface area contributed by atoms with E-state index >= 15 is 0 Å². The van der Waals surface area contributed by atoms with E-state index in [1.54, 1.807) is 7.11 Å². The summed E-state index contributed by atoms with van der Waals surface area (Å²) in [5, 5.41) is 10.0. The minimum absolute atomic E-state index is 0.0192. The van der Waals surface area contributed by atoms with Crippen molar-refractivity contribution in [3.8, 4) is 5.88 Å². The van der Waals surface area contributed by atoms with Gasteiger partial charge in [-0.3, -0.25) is 4.79 Å². The van der Waals surface area contributed by atoms with Crippen LogP contribution in [0.15, 0.2) is 24.4 Å². The van der Waals surface area contributed by atoms with Gasteiger partial charge in [0, 0.05) is 38.9 Å². The summed E-state index contributed by atoms with van der Waals surface area (Å²) < 4.78 is 23.3. The van der Waals surface area contributed by atoms with Crippen molar-refractivity contribution in [3.63, 3.8) is 0 Å². The first kappa shape index (κ1) is 29.7. The second-order valence-electron chi connectivity index (χ2n) is 11.0. The monoisotopic (exact) mass is 589 g/mol. The average molecular weight is 590 g/mol. The van der Waals surface area contributed by atoms with Gasteiger partial charge in [-0.2, -0.15) is 4.98 Å². The van der Waals surface area contributed by atoms with E-state index in [0.717, 1.165) is 56.1 Å². The summed E-state index contributed by atoms with van der Waals surface area (Å²) in [6, 6.07) is 5.83. The van der Waals surface area contributed by atoms with Gasteiger partial charge in [-0.25, -0.2) is 4.98 Å². The zero-order chi connectivity index (χ0) is 28.9. The third-order valence-electron chi connectivity index (χ3n) is 7.75. The van der Waals surface area contributed by atoms with Crippen LogP contribution in [0, 0.1) is 5.92 Å². The molecule has 1 aromatic heterocycles. The topological polar surface area (TPSA) is 122 Å². The fraction of sp³-hybridized carbons (Fsp3) is 0.607. The first-order valence-corrected chi connectivity index (χ1v) is 14.4. The highest BCUT2D eigenvalue weighted by Gasteiger charge is 2.49. The summed E-state index contributed by atoms with van der Waals surface area (Å²) in [7, 11) is 7.75. The van der Waals surface area contributed by atoms with Crippen LogP contribution in [0.5, 0.6) is 5.88 Å². The number of amides is 1. The number of hydrogen-bond donors (Lipinski definition) is 3. The van der Waals surface area contributed by atoms with E-state index in [0.29, 0.717) is 19.2 Å². The number of carbonyl (C=O) groups is 1. The lowest BCUT2D eigenvalue weighted by atomic mass is 9.97. The van der Waals surface area contributed by atoms with Gasteiger partial charge in [0.15, 0.2) is 6.10 Å². The molecule has 1 aromatic carbocycles. The SMILES string of the molecule is CO[C@@H]1CO[C@H]2[C@@H]1OC[C@H]2Oc1nc(Nc2ccc(N(C)CCN(C)C)c(NC(=O)C3CCNCC3)c2)ncc1Cl. The van der Waals surface area contributed by atoms with E-state index in [2.05, 4.69) is 35.7 Å². The molecule has 12 nitrogen and oxygen atoms in total. The first-order valence-electron chi connectivity index (χ1n) is 14.1. The smallest absolute Gasteiger partial charge is 0.237 e. The number of hydrogen-bond acceptors (Lipinski definition) is 11. The predicted octanol–water partition coefficient (Wildman–Crippen LogP) is 2.37. The molecule has 0 unspecified atom stereocenters. The van der Waals surface area contributed by atoms with E-state index < -0.39 is 0 Å². The number of benzene rings is 1. The number of likely N-dealkylation sites (N-methyl/N-ethyl adjacent to an activating group) is 2. The van der Waals surface area contributed by atoms with Crippen molar-refractivity contribution in [2.45, 2.75) is 37.3 Å². The summed E-state index contributed by atoms with van der Waals surface area (Å²) in [4.78, 5) is 26.3. The van der Waals surface area contributed by atoms with Crippen LogP contribution in [-0.2, 0) is 19.0 Å². The van der Waals surface area contributed by atoms with Crippen LogP contribution in [0.25, 0.3) is 0 Å². The van der Waals surface area contributed by atoms with E-state index in [1.807, 2.05) is 39.3 Å². The van der Waals surface area contributed by atoms with Gasteiger partial charge >= 0.3 is 0 Å². The third kappa shape index (κ3) is 7.19. The van der Waals surface area contributed by atoms with E-state index in [4.69, 9.17) is 30.5 Å². The van der Waals surface area contributed by atoms with Crippen LogP contribution in [0.4, 0.5) is 23.0 Å². The molecule has 3 N–H and O–H groups in total. The minimum Gasteiger partial charge on any atom is -0.468 e. The summed E-state index contributed by atoms with van der Waals surface area (Å²) in [5.74, 6) is 0.564. The van der Waals surface area contributed by atoms with Gasteiger partial charge in [-0.05, 0) is 58.2 Å². The Morgan fingerprint density at radius 2 is 1.85 bits per heavy atom. The maximum Gasteiger partial charge on any atom is 0.237 e. The quantitative estimate of drug-likeness (QED) is 0.358. The molecule has 4 heterocycles. The van der Waals surface area contributed by atoms with E-state index in [1.165, 1.54) is 6.20 Å². The van der Waals surface area contributed by atoms with E-state index in [9.17, 15) is 4.79 Å². The number of piperidine rings is 1. The van der Waals surface area contributed by atoms with Crippen molar-refractivity contribution >= 4 is 40.5 Å².